The lowest BCUT2D eigenvalue weighted by Gasteiger charge is -2.23. The Labute approximate surface area is 108 Å². The molecule has 0 bridgehead atoms. The van der Waals surface area contributed by atoms with Crippen LogP contribution in [0.1, 0.15) is 42.7 Å². The van der Waals surface area contributed by atoms with Gasteiger partial charge < -0.3 is 14.5 Å². The van der Waals surface area contributed by atoms with Crippen LogP contribution in [-0.4, -0.2) is 31.6 Å². The molecule has 1 aromatic heterocycles. The van der Waals surface area contributed by atoms with Crippen LogP contribution in [0.5, 0.6) is 0 Å². The van der Waals surface area contributed by atoms with E-state index in [1.54, 1.807) is 12.1 Å². The summed E-state index contributed by atoms with van der Waals surface area (Å²) in [5.74, 6) is 0.291. The highest BCUT2D eigenvalue weighted by atomic mass is 16.5. The lowest BCUT2D eigenvalue weighted by Crippen LogP contribution is -2.34. The molecule has 2 rings (SSSR count). The van der Waals surface area contributed by atoms with E-state index in [0.717, 1.165) is 19.4 Å². The number of hydrogen-bond donors (Lipinski definition) is 1. The molecule has 0 unspecified atom stereocenters. The van der Waals surface area contributed by atoms with E-state index in [0.29, 0.717) is 18.4 Å². The summed E-state index contributed by atoms with van der Waals surface area (Å²) in [5, 5.41) is 3.50. The normalized spacial score (nSPS) is 19.9. The molecule has 1 aliphatic heterocycles. The van der Waals surface area contributed by atoms with Crippen molar-refractivity contribution >= 4 is 5.78 Å². The van der Waals surface area contributed by atoms with Gasteiger partial charge in [0, 0.05) is 12.6 Å². The van der Waals surface area contributed by atoms with E-state index in [4.69, 9.17) is 9.15 Å². The van der Waals surface area contributed by atoms with E-state index in [2.05, 4.69) is 5.32 Å². The topological polar surface area (TPSA) is 51.5 Å². The molecule has 0 aromatic carbocycles. The minimum Gasteiger partial charge on any atom is -0.461 e. The maximum absolute atomic E-state index is 11.5. The van der Waals surface area contributed by atoms with Crippen molar-refractivity contribution in [3.8, 4) is 0 Å². The molecule has 4 nitrogen and oxygen atoms in total. The molecular weight excluding hydrogens is 230 g/mol. The lowest BCUT2D eigenvalue weighted by molar-refractivity contribution is 0.0721. The van der Waals surface area contributed by atoms with Crippen LogP contribution in [-0.2, 0) is 4.74 Å². The Morgan fingerprint density at radius 2 is 2.44 bits per heavy atom. The van der Waals surface area contributed by atoms with Gasteiger partial charge in [0.05, 0.1) is 6.26 Å². The molecule has 1 aromatic rings. The Morgan fingerprint density at radius 1 is 1.50 bits per heavy atom. The number of furan rings is 1. The number of ketones is 1. The fourth-order valence-corrected chi connectivity index (χ4v) is 2.28. The van der Waals surface area contributed by atoms with Crippen LogP contribution in [0.15, 0.2) is 22.8 Å². The molecule has 1 atom stereocenters. The predicted octanol–water partition coefficient (Wildman–Crippen LogP) is 2.40. The average molecular weight is 251 g/mol. The van der Waals surface area contributed by atoms with E-state index in [1.807, 2.05) is 0 Å². The summed E-state index contributed by atoms with van der Waals surface area (Å²) in [7, 11) is 0. The molecule has 1 saturated heterocycles. The zero-order valence-corrected chi connectivity index (χ0v) is 10.7. The van der Waals surface area contributed by atoms with Crippen molar-refractivity contribution in [2.45, 2.75) is 38.1 Å². The first-order valence-electron chi connectivity index (χ1n) is 6.74. The van der Waals surface area contributed by atoms with E-state index >= 15 is 0 Å². The minimum atomic E-state index is -0.0872. The van der Waals surface area contributed by atoms with Crippen molar-refractivity contribution in [3.05, 3.63) is 24.2 Å². The Morgan fingerprint density at radius 3 is 3.17 bits per heavy atom. The SMILES string of the molecule is O=C(COCCC[C@H]1CCCCN1)c1ccco1. The van der Waals surface area contributed by atoms with Gasteiger partial charge in [-0.25, -0.2) is 0 Å². The molecule has 1 aliphatic rings. The third-order valence-corrected chi connectivity index (χ3v) is 3.28. The highest BCUT2D eigenvalue weighted by molar-refractivity contribution is 5.94. The number of carbonyl (C=O) groups is 1. The zero-order chi connectivity index (χ0) is 12.6. The van der Waals surface area contributed by atoms with Gasteiger partial charge >= 0.3 is 0 Å². The van der Waals surface area contributed by atoms with Crippen LogP contribution in [0, 0.1) is 0 Å². The Balaban J connectivity index is 1.52. The van der Waals surface area contributed by atoms with Crippen LogP contribution in [0.4, 0.5) is 0 Å². The number of carbonyl (C=O) groups excluding carboxylic acids is 1. The van der Waals surface area contributed by atoms with Gasteiger partial charge in [0.15, 0.2) is 5.76 Å². The summed E-state index contributed by atoms with van der Waals surface area (Å²) >= 11 is 0. The van der Waals surface area contributed by atoms with Crippen LogP contribution in [0.2, 0.25) is 0 Å². The van der Waals surface area contributed by atoms with Gasteiger partial charge in [0.25, 0.3) is 0 Å². The highest BCUT2D eigenvalue weighted by Gasteiger charge is 2.12. The van der Waals surface area contributed by atoms with E-state index in [-0.39, 0.29) is 12.4 Å². The summed E-state index contributed by atoms with van der Waals surface area (Å²) < 4.78 is 10.4. The monoisotopic (exact) mass is 251 g/mol. The van der Waals surface area contributed by atoms with Gasteiger partial charge in [0.2, 0.25) is 5.78 Å². The summed E-state index contributed by atoms with van der Waals surface area (Å²) in [6.07, 6.45) is 7.53. The van der Waals surface area contributed by atoms with Crippen molar-refractivity contribution in [1.82, 2.24) is 5.32 Å². The number of ether oxygens (including phenoxy) is 1. The molecule has 2 heterocycles. The molecule has 1 N–H and O–H groups in total. The Kier molecular flexibility index (Phi) is 5.42. The van der Waals surface area contributed by atoms with Crippen molar-refractivity contribution < 1.29 is 13.9 Å². The second kappa shape index (κ2) is 7.34. The number of rotatable bonds is 7. The number of hydrogen-bond acceptors (Lipinski definition) is 4. The van der Waals surface area contributed by atoms with Gasteiger partial charge in [-0.05, 0) is 44.4 Å². The van der Waals surface area contributed by atoms with Gasteiger partial charge in [0.1, 0.15) is 6.61 Å². The maximum Gasteiger partial charge on any atom is 0.223 e. The quantitative estimate of drug-likeness (QED) is 0.597. The molecule has 0 radical (unpaired) electrons. The van der Waals surface area contributed by atoms with E-state index in [9.17, 15) is 4.79 Å². The molecule has 4 heteroatoms. The maximum atomic E-state index is 11.5. The van der Waals surface area contributed by atoms with Crippen molar-refractivity contribution in [3.63, 3.8) is 0 Å². The second-order valence-electron chi connectivity index (χ2n) is 4.74. The largest absolute Gasteiger partial charge is 0.461 e. The van der Waals surface area contributed by atoms with E-state index in [1.165, 1.54) is 25.5 Å². The summed E-state index contributed by atoms with van der Waals surface area (Å²) in [6, 6.07) is 4.02. The molecule has 0 aliphatic carbocycles. The average Bonchev–Trinajstić information content (AvgIpc) is 2.93. The molecule has 100 valence electrons. The molecule has 0 saturated carbocycles. The minimum absolute atomic E-state index is 0.0872. The molecular formula is C14H21NO3. The summed E-state index contributed by atoms with van der Waals surface area (Å²) in [6.45, 7) is 1.90. The number of piperidine rings is 1. The fourth-order valence-electron chi connectivity index (χ4n) is 2.28. The van der Waals surface area contributed by atoms with Gasteiger partial charge in [-0.2, -0.15) is 0 Å². The molecule has 0 spiro atoms. The van der Waals surface area contributed by atoms with Crippen molar-refractivity contribution in [1.29, 1.82) is 0 Å². The third-order valence-electron chi connectivity index (χ3n) is 3.28. The number of nitrogens with one attached hydrogen (secondary N) is 1. The summed E-state index contributed by atoms with van der Waals surface area (Å²) in [4.78, 5) is 11.5. The first-order valence-corrected chi connectivity index (χ1v) is 6.74. The van der Waals surface area contributed by atoms with Crippen LogP contribution in [0.25, 0.3) is 0 Å². The second-order valence-corrected chi connectivity index (χ2v) is 4.74. The van der Waals surface area contributed by atoms with Crippen molar-refractivity contribution in [2.24, 2.45) is 0 Å². The lowest BCUT2D eigenvalue weighted by atomic mass is 10.0. The highest BCUT2D eigenvalue weighted by Crippen LogP contribution is 2.11. The molecule has 18 heavy (non-hydrogen) atoms. The summed E-state index contributed by atoms with van der Waals surface area (Å²) in [5.41, 5.74) is 0. The van der Waals surface area contributed by atoms with Gasteiger partial charge in [-0.15, -0.1) is 0 Å². The Bertz CT molecular complexity index is 342. The third kappa shape index (κ3) is 4.27. The molecule has 1 fully saturated rings. The zero-order valence-electron chi connectivity index (χ0n) is 10.7. The molecule has 0 amide bonds. The fraction of sp³-hybridized carbons (Fsp3) is 0.643. The first kappa shape index (κ1) is 13.3. The van der Waals surface area contributed by atoms with Crippen molar-refractivity contribution in [2.75, 3.05) is 19.8 Å². The Hall–Kier alpha value is -1.13. The van der Waals surface area contributed by atoms with Gasteiger partial charge in [-0.1, -0.05) is 6.42 Å². The van der Waals surface area contributed by atoms with E-state index < -0.39 is 0 Å². The first-order chi connectivity index (χ1) is 8.86. The number of Topliss-reactive ketones (excluding diaryl/α,β-unsaturated/α-hetero) is 1. The van der Waals surface area contributed by atoms with Crippen LogP contribution < -0.4 is 5.32 Å². The van der Waals surface area contributed by atoms with Crippen LogP contribution >= 0.6 is 0 Å². The standard InChI is InChI=1S/C14H21NO3/c16-13(14-7-4-10-18-14)11-17-9-3-6-12-5-1-2-8-15-12/h4,7,10,12,15H,1-3,5-6,8-9,11H2/t12-/m1/s1. The van der Waals surface area contributed by atoms with Crippen LogP contribution in [0.3, 0.4) is 0 Å². The smallest absolute Gasteiger partial charge is 0.223 e. The van der Waals surface area contributed by atoms with Gasteiger partial charge in [-0.3, -0.25) is 4.79 Å². The predicted molar refractivity (Wildman–Crippen MR) is 68.7 cm³/mol.